The molecular formula is C14H23N3O. The first-order valence-electron chi connectivity index (χ1n) is 6.84. The summed E-state index contributed by atoms with van der Waals surface area (Å²) in [7, 11) is 3.98. The van der Waals surface area contributed by atoms with E-state index in [4.69, 9.17) is 0 Å². The van der Waals surface area contributed by atoms with Gasteiger partial charge in [-0.2, -0.15) is 0 Å². The Balaban J connectivity index is 1.81. The second-order valence-corrected chi connectivity index (χ2v) is 5.43. The number of carbonyl (C=O) groups excluding carboxylic acids is 1. The van der Waals surface area contributed by atoms with Crippen molar-refractivity contribution in [2.24, 2.45) is 13.0 Å². The molecule has 0 spiro atoms. The summed E-state index contributed by atoms with van der Waals surface area (Å²) in [6, 6.07) is 0. The lowest BCUT2D eigenvalue weighted by Gasteiger charge is -2.23. The predicted octanol–water partition coefficient (Wildman–Crippen LogP) is 2.00. The fourth-order valence-corrected chi connectivity index (χ4v) is 2.67. The molecule has 1 fully saturated rings. The molecule has 1 aliphatic carbocycles. The van der Waals surface area contributed by atoms with Crippen LogP contribution < -0.4 is 0 Å². The van der Waals surface area contributed by atoms with Crippen LogP contribution >= 0.6 is 0 Å². The van der Waals surface area contributed by atoms with Crippen molar-refractivity contribution in [3.63, 3.8) is 0 Å². The average Bonchev–Trinajstić information content (AvgIpc) is 2.76. The highest BCUT2D eigenvalue weighted by Crippen LogP contribution is 2.24. The number of nitrogens with zero attached hydrogens (tertiary/aromatic N) is 3. The minimum atomic E-state index is 0.308. The van der Waals surface area contributed by atoms with E-state index in [0.717, 1.165) is 25.2 Å². The topological polar surface area (TPSA) is 38.1 Å². The lowest BCUT2D eigenvalue weighted by molar-refractivity contribution is -0.124. The summed E-state index contributed by atoms with van der Waals surface area (Å²) in [5.74, 6) is 1.72. The normalized spacial score (nSPS) is 17.3. The minimum Gasteiger partial charge on any atom is -0.337 e. The number of hydrogen-bond donors (Lipinski definition) is 0. The molecule has 18 heavy (non-hydrogen) atoms. The van der Waals surface area contributed by atoms with E-state index in [1.807, 2.05) is 24.9 Å². The number of imidazole rings is 1. The Morgan fingerprint density at radius 2 is 2.17 bits per heavy atom. The molecule has 0 radical (unpaired) electrons. The molecule has 1 aromatic heterocycles. The summed E-state index contributed by atoms with van der Waals surface area (Å²) in [4.78, 5) is 18.5. The van der Waals surface area contributed by atoms with Crippen LogP contribution in [0.4, 0.5) is 0 Å². The van der Waals surface area contributed by atoms with Gasteiger partial charge in [-0.05, 0) is 19.9 Å². The Bertz CT molecular complexity index is 393. The molecule has 1 saturated carbocycles. The lowest BCUT2D eigenvalue weighted by atomic mass is 9.86. The monoisotopic (exact) mass is 249 g/mol. The van der Waals surface area contributed by atoms with Crippen LogP contribution in [0.25, 0.3) is 0 Å². The van der Waals surface area contributed by atoms with Gasteiger partial charge >= 0.3 is 0 Å². The van der Waals surface area contributed by atoms with Gasteiger partial charge in [0.1, 0.15) is 11.6 Å². The van der Waals surface area contributed by atoms with Crippen molar-refractivity contribution in [1.29, 1.82) is 0 Å². The number of rotatable bonds is 5. The van der Waals surface area contributed by atoms with Gasteiger partial charge in [-0.15, -0.1) is 0 Å². The molecule has 100 valence electrons. The van der Waals surface area contributed by atoms with E-state index in [1.165, 1.54) is 19.3 Å². The summed E-state index contributed by atoms with van der Waals surface area (Å²) < 4.78 is 2.00. The average molecular weight is 249 g/mol. The zero-order chi connectivity index (χ0) is 13.0. The largest absolute Gasteiger partial charge is 0.337 e. The molecule has 1 aromatic rings. The van der Waals surface area contributed by atoms with E-state index in [0.29, 0.717) is 18.2 Å². The number of aromatic nitrogens is 2. The van der Waals surface area contributed by atoms with Crippen molar-refractivity contribution >= 4 is 5.78 Å². The number of hydrogen-bond acceptors (Lipinski definition) is 3. The Hall–Kier alpha value is -1.16. The van der Waals surface area contributed by atoms with Gasteiger partial charge in [0, 0.05) is 25.4 Å². The maximum absolute atomic E-state index is 12.2. The molecule has 4 heteroatoms. The molecule has 0 unspecified atom stereocenters. The molecule has 4 nitrogen and oxygen atoms in total. The highest BCUT2D eigenvalue weighted by atomic mass is 16.1. The second-order valence-electron chi connectivity index (χ2n) is 5.43. The third kappa shape index (κ3) is 3.42. The van der Waals surface area contributed by atoms with Crippen molar-refractivity contribution < 1.29 is 4.79 Å². The van der Waals surface area contributed by atoms with Crippen LogP contribution in [0.5, 0.6) is 0 Å². The van der Waals surface area contributed by atoms with Crippen molar-refractivity contribution in [3.05, 3.63) is 18.2 Å². The van der Waals surface area contributed by atoms with Gasteiger partial charge < -0.3 is 4.57 Å². The fourth-order valence-electron chi connectivity index (χ4n) is 2.67. The smallest absolute Gasteiger partial charge is 0.149 e. The van der Waals surface area contributed by atoms with Crippen molar-refractivity contribution in [2.45, 2.75) is 38.6 Å². The molecule has 0 bridgehead atoms. The molecule has 1 aliphatic rings. The zero-order valence-electron chi connectivity index (χ0n) is 11.4. The quantitative estimate of drug-likeness (QED) is 0.801. The van der Waals surface area contributed by atoms with Gasteiger partial charge in [-0.25, -0.2) is 4.98 Å². The Morgan fingerprint density at radius 3 is 2.78 bits per heavy atom. The molecular weight excluding hydrogens is 226 g/mol. The van der Waals surface area contributed by atoms with Crippen molar-refractivity contribution in [2.75, 3.05) is 13.6 Å². The standard InChI is InChI=1S/C14H23N3O/c1-16(11-14-15-8-9-17(14)2)10-13(18)12-6-4-3-5-7-12/h8-9,12H,3-7,10-11H2,1-2H3. The number of ketones is 1. The number of carbonyl (C=O) groups is 1. The summed E-state index contributed by atoms with van der Waals surface area (Å²) in [5.41, 5.74) is 0. The molecule has 0 saturated heterocycles. The van der Waals surface area contributed by atoms with Gasteiger partial charge in [0.15, 0.2) is 0 Å². The summed E-state index contributed by atoms with van der Waals surface area (Å²) >= 11 is 0. The van der Waals surface area contributed by atoms with Gasteiger partial charge in [-0.1, -0.05) is 19.3 Å². The van der Waals surface area contributed by atoms with Gasteiger partial charge in [0.2, 0.25) is 0 Å². The highest BCUT2D eigenvalue weighted by molar-refractivity contribution is 5.82. The van der Waals surface area contributed by atoms with Gasteiger partial charge in [0.25, 0.3) is 0 Å². The number of Topliss-reactive ketones (excluding diaryl/α,β-unsaturated/α-hetero) is 1. The fraction of sp³-hybridized carbons (Fsp3) is 0.714. The van der Waals surface area contributed by atoms with Crippen LogP contribution in [0.3, 0.4) is 0 Å². The van der Waals surface area contributed by atoms with E-state index in [2.05, 4.69) is 9.88 Å². The number of aryl methyl sites for hydroxylation is 1. The van der Waals surface area contributed by atoms with Crippen molar-refractivity contribution in [1.82, 2.24) is 14.5 Å². The van der Waals surface area contributed by atoms with Crippen LogP contribution in [0.15, 0.2) is 12.4 Å². The van der Waals surface area contributed by atoms with E-state index >= 15 is 0 Å². The minimum absolute atomic E-state index is 0.308. The molecule has 0 atom stereocenters. The first-order chi connectivity index (χ1) is 8.66. The van der Waals surface area contributed by atoms with Crippen LogP contribution in [-0.2, 0) is 18.4 Å². The van der Waals surface area contributed by atoms with Gasteiger partial charge in [0.05, 0.1) is 13.1 Å². The van der Waals surface area contributed by atoms with Gasteiger partial charge in [-0.3, -0.25) is 9.69 Å². The molecule has 1 heterocycles. The lowest BCUT2D eigenvalue weighted by Crippen LogP contribution is -2.31. The van der Waals surface area contributed by atoms with Crippen LogP contribution in [0.1, 0.15) is 37.9 Å². The maximum Gasteiger partial charge on any atom is 0.149 e. The third-order valence-electron chi connectivity index (χ3n) is 3.82. The number of likely N-dealkylation sites (N-methyl/N-ethyl adjacent to an activating group) is 1. The highest BCUT2D eigenvalue weighted by Gasteiger charge is 2.22. The Labute approximate surface area is 109 Å². The van der Waals surface area contributed by atoms with E-state index in [1.54, 1.807) is 6.20 Å². The third-order valence-corrected chi connectivity index (χ3v) is 3.82. The van der Waals surface area contributed by atoms with Crippen LogP contribution in [-0.4, -0.2) is 33.8 Å². The zero-order valence-corrected chi connectivity index (χ0v) is 11.4. The van der Waals surface area contributed by atoms with Crippen LogP contribution in [0.2, 0.25) is 0 Å². The molecule has 2 rings (SSSR count). The predicted molar refractivity (Wildman–Crippen MR) is 71.1 cm³/mol. The first kappa shape index (κ1) is 13.3. The molecule has 0 N–H and O–H groups in total. The molecule has 0 aliphatic heterocycles. The summed E-state index contributed by atoms with van der Waals surface area (Å²) in [5, 5.41) is 0. The molecule has 0 amide bonds. The maximum atomic E-state index is 12.2. The van der Waals surface area contributed by atoms with E-state index < -0.39 is 0 Å². The van der Waals surface area contributed by atoms with E-state index in [-0.39, 0.29) is 0 Å². The summed E-state index contributed by atoms with van der Waals surface area (Å²) in [6.45, 7) is 1.29. The second kappa shape index (κ2) is 6.14. The SMILES string of the molecule is CN(CC(=O)C1CCCCC1)Cc1nccn1C. The van der Waals surface area contributed by atoms with E-state index in [9.17, 15) is 4.79 Å². The summed E-state index contributed by atoms with van der Waals surface area (Å²) in [6.07, 6.45) is 9.66. The molecule has 0 aromatic carbocycles. The Kier molecular flexibility index (Phi) is 4.53. The first-order valence-corrected chi connectivity index (χ1v) is 6.84. The Morgan fingerprint density at radius 1 is 1.44 bits per heavy atom. The van der Waals surface area contributed by atoms with Crippen molar-refractivity contribution in [3.8, 4) is 0 Å². The van der Waals surface area contributed by atoms with Crippen LogP contribution in [0, 0.1) is 5.92 Å².